The number of pyridine rings is 4. The van der Waals surface area contributed by atoms with Crippen LogP contribution >= 0.6 is 50.7 Å². The molecule has 8 heterocycles. The monoisotopic (exact) mass is 974 g/mol. The topological polar surface area (TPSA) is 148 Å². The summed E-state index contributed by atoms with van der Waals surface area (Å²) in [6.45, 7) is 22.3. The van der Waals surface area contributed by atoms with E-state index < -0.39 is 14.0 Å². The fraction of sp³-hybridized carbons (Fsp3) is 0.476. The molecule has 4 aliphatic rings. The number of hydrogen-bond donors (Lipinski definition) is 0. The van der Waals surface area contributed by atoms with Gasteiger partial charge in [0.2, 0.25) is 0 Å². The van der Waals surface area contributed by atoms with Crippen molar-refractivity contribution in [3.8, 4) is 11.3 Å². The van der Waals surface area contributed by atoms with Crippen molar-refractivity contribution in [3.63, 3.8) is 0 Å². The van der Waals surface area contributed by atoms with Gasteiger partial charge >= 0.3 is 14.0 Å². The third-order valence-electron chi connectivity index (χ3n) is 11.0. The summed E-state index contributed by atoms with van der Waals surface area (Å²) in [4.78, 5) is 41.7. The molecule has 62 heavy (non-hydrogen) atoms. The first-order chi connectivity index (χ1) is 29.2. The molecule has 4 aromatic rings. The molecule has 0 aromatic carbocycles. The van der Waals surface area contributed by atoms with Crippen LogP contribution in [0, 0.1) is 0 Å². The van der Waals surface area contributed by atoms with Gasteiger partial charge < -0.3 is 37.9 Å². The first-order valence-corrected chi connectivity index (χ1v) is 22.0. The molecule has 0 saturated carbocycles. The van der Waals surface area contributed by atoms with Gasteiger partial charge in [0.05, 0.1) is 54.5 Å². The second-order valence-corrected chi connectivity index (χ2v) is 18.7. The van der Waals surface area contributed by atoms with Crippen LogP contribution in [0.5, 0.6) is 0 Å². The molecular weight excluding hydrogens is 924 g/mol. The fourth-order valence-electron chi connectivity index (χ4n) is 6.15. The molecule has 8 rings (SSSR count). The SMILES string of the molecule is CC1(C)OB(B2OC(C)(C)C(C)(C)O2)OC1(C)C.Clc1cc(Cl)nc(N2CCOCC2)c1.O=Cc1cc(-c2cc(Cl)cc(N3CCOCC3)n2)ccn1.O=Cc1cc(Br)ccn1. The molecule has 0 amide bonds. The molecule has 0 bridgehead atoms. The Labute approximate surface area is 388 Å². The maximum absolute atomic E-state index is 10.8. The first kappa shape index (κ1) is 49.8. The van der Waals surface area contributed by atoms with Gasteiger partial charge in [-0.3, -0.25) is 19.6 Å². The van der Waals surface area contributed by atoms with Gasteiger partial charge in [-0.2, -0.15) is 0 Å². The number of hydrogen-bond acceptors (Lipinski definition) is 14. The Bertz CT molecular complexity index is 2060. The van der Waals surface area contributed by atoms with E-state index >= 15 is 0 Å². The molecule has 0 spiro atoms. The predicted molar refractivity (Wildman–Crippen MR) is 248 cm³/mol. The second kappa shape index (κ2) is 21.6. The van der Waals surface area contributed by atoms with E-state index in [0.717, 1.165) is 73.0 Å². The van der Waals surface area contributed by atoms with Gasteiger partial charge in [0, 0.05) is 58.7 Å². The molecular formula is C42H52B2BrCl3N6O8. The Balaban J connectivity index is 0.000000162. The standard InChI is InChI=1S/C15H14ClN3O2.C12H24B2O4.C9H10Cl2N2O.C6H4BrNO/c16-12-8-14(11-1-2-17-13(7-11)10-20)18-15(9-12)19-3-5-21-6-4-19;1-9(2)10(3,4)16-13(15-9)14-17-11(5,6)12(7,8)18-14;10-7-5-8(11)12-9(6-7)13-1-3-14-4-2-13;7-5-1-2-8-6(3-5)4-9/h1-2,7-10H,3-6H2;1-8H3;5-6H,1-4H2;1-4H. The second-order valence-electron chi connectivity index (χ2n) is 16.5. The number of nitrogens with zero attached hydrogens (tertiary/aromatic N) is 6. The molecule has 0 unspecified atom stereocenters. The van der Waals surface area contributed by atoms with Crippen LogP contribution < -0.4 is 9.80 Å². The molecule has 4 saturated heterocycles. The summed E-state index contributed by atoms with van der Waals surface area (Å²) in [5.74, 6) is 1.65. The lowest BCUT2D eigenvalue weighted by atomic mass is 9.49. The third-order valence-corrected chi connectivity index (χ3v) is 12.1. The summed E-state index contributed by atoms with van der Waals surface area (Å²) in [7, 11) is -0.952. The van der Waals surface area contributed by atoms with E-state index in [2.05, 4.69) is 45.7 Å². The highest BCUT2D eigenvalue weighted by Gasteiger charge is 2.63. The number of carbonyl (C=O) groups excluding carboxylic acids is 2. The largest absolute Gasteiger partial charge is 0.488 e. The van der Waals surface area contributed by atoms with E-state index in [1.165, 1.54) is 0 Å². The summed E-state index contributed by atoms with van der Waals surface area (Å²) < 4.78 is 35.3. The molecule has 0 atom stereocenters. The highest BCUT2D eigenvalue weighted by atomic mass is 79.9. The molecule has 0 aliphatic carbocycles. The zero-order valence-electron chi connectivity index (χ0n) is 36.2. The summed E-state index contributed by atoms with van der Waals surface area (Å²) in [5.41, 5.74) is 0.940. The highest BCUT2D eigenvalue weighted by Crippen LogP contribution is 2.43. The lowest BCUT2D eigenvalue weighted by Crippen LogP contribution is -2.41. The molecule has 4 aliphatic heterocycles. The predicted octanol–water partition coefficient (Wildman–Crippen LogP) is 8.58. The van der Waals surface area contributed by atoms with Gasteiger partial charge in [-0.1, -0.05) is 50.7 Å². The smallest absolute Gasteiger partial charge is 0.405 e. The van der Waals surface area contributed by atoms with Gasteiger partial charge in [0.25, 0.3) is 0 Å². The van der Waals surface area contributed by atoms with E-state index in [0.29, 0.717) is 46.1 Å². The fourth-order valence-corrected chi connectivity index (χ4v) is 7.16. The van der Waals surface area contributed by atoms with Crippen molar-refractivity contribution in [2.24, 2.45) is 0 Å². The van der Waals surface area contributed by atoms with Crippen LogP contribution in [0.25, 0.3) is 11.3 Å². The van der Waals surface area contributed by atoms with Crippen molar-refractivity contribution >= 4 is 89.0 Å². The number of rotatable bonds is 6. The zero-order valence-corrected chi connectivity index (χ0v) is 40.1. The van der Waals surface area contributed by atoms with Crippen LogP contribution in [0.2, 0.25) is 15.2 Å². The highest BCUT2D eigenvalue weighted by molar-refractivity contribution is 9.10. The number of aromatic nitrogens is 4. The summed E-state index contributed by atoms with van der Waals surface area (Å²) >= 11 is 21.1. The van der Waals surface area contributed by atoms with Gasteiger partial charge in [0.1, 0.15) is 28.2 Å². The lowest BCUT2D eigenvalue weighted by Gasteiger charge is -2.32. The van der Waals surface area contributed by atoms with E-state index in [9.17, 15) is 9.59 Å². The maximum atomic E-state index is 10.8. The Kier molecular flexibility index (Phi) is 17.4. The van der Waals surface area contributed by atoms with Crippen LogP contribution in [0.4, 0.5) is 11.6 Å². The Morgan fingerprint density at radius 3 is 1.44 bits per heavy atom. The number of carbonyl (C=O) groups is 2. The Hall–Kier alpha value is -3.22. The van der Waals surface area contributed by atoms with Crippen LogP contribution in [0.3, 0.4) is 0 Å². The number of anilines is 2. The number of halogens is 4. The van der Waals surface area contributed by atoms with E-state index in [4.69, 9.17) is 62.9 Å². The van der Waals surface area contributed by atoms with Gasteiger partial charge in [-0.15, -0.1) is 0 Å². The van der Waals surface area contributed by atoms with Crippen molar-refractivity contribution < 1.29 is 37.7 Å². The average Bonchev–Trinajstić information content (AvgIpc) is 3.60. The van der Waals surface area contributed by atoms with Gasteiger partial charge in [-0.25, -0.2) is 9.97 Å². The quantitative estimate of drug-likeness (QED) is 0.103. The van der Waals surface area contributed by atoms with Gasteiger partial charge in [0.15, 0.2) is 12.6 Å². The van der Waals surface area contributed by atoms with Gasteiger partial charge in [-0.05, 0) is 104 Å². The number of aldehydes is 2. The van der Waals surface area contributed by atoms with Crippen LogP contribution in [-0.2, 0) is 28.1 Å². The summed E-state index contributed by atoms with van der Waals surface area (Å²) in [6, 6.07) is 14.0. The zero-order chi connectivity index (χ0) is 45.3. The molecule has 332 valence electrons. The van der Waals surface area contributed by atoms with Crippen LogP contribution in [0.15, 0.2) is 65.4 Å². The minimum atomic E-state index is -0.476. The van der Waals surface area contributed by atoms with Crippen LogP contribution in [0.1, 0.15) is 76.4 Å². The average molecular weight is 977 g/mol. The maximum Gasteiger partial charge on any atom is 0.488 e. The molecule has 20 heteroatoms. The minimum absolute atomic E-state index is 0.360. The van der Waals surface area contributed by atoms with E-state index in [1.807, 2.05) is 73.6 Å². The molecule has 4 fully saturated rings. The van der Waals surface area contributed by atoms with Crippen molar-refractivity contribution in [2.45, 2.75) is 77.8 Å². The molecule has 0 radical (unpaired) electrons. The number of ether oxygens (including phenoxy) is 2. The van der Waals surface area contributed by atoms with Crippen molar-refractivity contribution in [3.05, 3.63) is 92.0 Å². The Morgan fingerprint density at radius 1 is 0.597 bits per heavy atom. The van der Waals surface area contributed by atoms with E-state index in [1.54, 1.807) is 42.7 Å². The van der Waals surface area contributed by atoms with Crippen molar-refractivity contribution in [2.75, 3.05) is 62.4 Å². The molecule has 0 N–H and O–H groups in total. The molecule has 14 nitrogen and oxygen atoms in total. The lowest BCUT2D eigenvalue weighted by molar-refractivity contribution is 0.00578. The summed E-state index contributed by atoms with van der Waals surface area (Å²) in [5, 5.41) is 1.66. The Morgan fingerprint density at radius 2 is 1.02 bits per heavy atom. The van der Waals surface area contributed by atoms with Crippen molar-refractivity contribution in [1.29, 1.82) is 0 Å². The summed E-state index contributed by atoms with van der Waals surface area (Å²) in [6.07, 6.45) is 4.60. The number of morpholine rings is 2. The first-order valence-electron chi connectivity index (χ1n) is 20.1. The normalized spacial score (nSPS) is 19.5. The van der Waals surface area contributed by atoms with Crippen molar-refractivity contribution in [1.82, 2.24) is 19.9 Å². The van der Waals surface area contributed by atoms with Crippen LogP contribution in [-0.4, -0.2) is 122 Å². The molecule has 4 aromatic heterocycles. The van der Waals surface area contributed by atoms with E-state index in [-0.39, 0.29) is 22.4 Å². The third kappa shape index (κ3) is 13.4. The minimum Gasteiger partial charge on any atom is -0.405 e.